The molecule has 0 aliphatic carbocycles. The van der Waals surface area contributed by atoms with E-state index < -0.39 is 36.0 Å². The third-order valence-electron chi connectivity index (χ3n) is 2.36. The van der Waals surface area contributed by atoms with Gasteiger partial charge in [-0.05, 0) is 18.2 Å². The fraction of sp³-hybridized carbons (Fsp3) is 0.286. The summed E-state index contributed by atoms with van der Waals surface area (Å²) in [5, 5.41) is 0.0525. The van der Waals surface area contributed by atoms with Crippen molar-refractivity contribution in [2.45, 2.75) is 6.18 Å². The van der Waals surface area contributed by atoms with E-state index in [2.05, 4.69) is 14.2 Å². The summed E-state index contributed by atoms with van der Waals surface area (Å²) in [6.45, 7) is -1.78. The summed E-state index contributed by atoms with van der Waals surface area (Å²) in [4.78, 5) is 23.3. The van der Waals surface area contributed by atoms with Gasteiger partial charge in [-0.2, -0.15) is 13.2 Å². The molecule has 0 aliphatic heterocycles. The summed E-state index contributed by atoms with van der Waals surface area (Å²) in [5.74, 6) is -2.96. The second kappa shape index (κ2) is 8.44. The summed E-state index contributed by atoms with van der Waals surface area (Å²) in [6, 6.07) is 3.52. The van der Waals surface area contributed by atoms with Crippen LogP contribution < -0.4 is 4.74 Å². The molecule has 10 heteroatoms. The predicted molar refractivity (Wildman–Crippen MR) is 75.5 cm³/mol. The summed E-state index contributed by atoms with van der Waals surface area (Å²) in [5.41, 5.74) is -0.405. The number of rotatable bonds is 6. The van der Waals surface area contributed by atoms with Gasteiger partial charge in [0.05, 0.1) is 14.2 Å². The summed E-state index contributed by atoms with van der Waals surface area (Å²) >= 11 is 5.72. The number of ether oxygens (including phenoxy) is 4. The number of esters is 2. The van der Waals surface area contributed by atoms with E-state index in [9.17, 15) is 22.8 Å². The van der Waals surface area contributed by atoms with Crippen LogP contribution in [0.2, 0.25) is 5.02 Å². The average Bonchev–Trinajstić information content (AvgIpc) is 2.52. The Hall–Kier alpha value is -2.42. The van der Waals surface area contributed by atoms with E-state index in [1.807, 2.05) is 0 Å². The maximum atomic E-state index is 12.2. The number of benzene rings is 1. The normalized spacial score (nSPS) is 11.7. The number of hydrogen-bond acceptors (Lipinski definition) is 6. The molecular formula is C14H12ClF3O6. The van der Waals surface area contributed by atoms with Crippen LogP contribution in [0.25, 0.3) is 0 Å². The Morgan fingerprint density at radius 1 is 1.25 bits per heavy atom. The third-order valence-corrected chi connectivity index (χ3v) is 2.59. The molecule has 0 heterocycles. The van der Waals surface area contributed by atoms with Crippen LogP contribution in [0.4, 0.5) is 13.2 Å². The highest BCUT2D eigenvalue weighted by Gasteiger charge is 2.30. The molecule has 0 amide bonds. The topological polar surface area (TPSA) is 71.1 Å². The molecule has 0 saturated heterocycles. The first kappa shape index (κ1) is 19.6. The van der Waals surface area contributed by atoms with Gasteiger partial charge >= 0.3 is 18.1 Å². The molecule has 1 aromatic carbocycles. The van der Waals surface area contributed by atoms with E-state index in [1.54, 1.807) is 0 Å². The van der Waals surface area contributed by atoms with Gasteiger partial charge in [-0.3, -0.25) is 0 Å². The Labute approximate surface area is 139 Å². The second-order valence-electron chi connectivity index (χ2n) is 4.14. The van der Waals surface area contributed by atoms with Gasteiger partial charge in [0, 0.05) is 5.02 Å². The molecule has 0 unspecified atom stereocenters. The molecule has 0 aromatic heterocycles. The van der Waals surface area contributed by atoms with E-state index in [0.717, 1.165) is 19.4 Å². The summed E-state index contributed by atoms with van der Waals surface area (Å²) in [6.07, 6.45) is -3.80. The lowest BCUT2D eigenvalue weighted by Gasteiger charge is -2.13. The van der Waals surface area contributed by atoms with Crippen molar-refractivity contribution in [3.05, 3.63) is 40.8 Å². The minimum absolute atomic E-state index is 0.0525. The first-order valence-corrected chi connectivity index (χ1v) is 6.58. The predicted octanol–water partition coefficient (Wildman–Crippen LogP) is 3.10. The van der Waals surface area contributed by atoms with Crippen molar-refractivity contribution in [2.75, 3.05) is 20.8 Å². The van der Waals surface area contributed by atoms with Crippen LogP contribution in [-0.2, 0) is 19.0 Å². The minimum Gasteiger partial charge on any atom is -0.500 e. The van der Waals surface area contributed by atoms with E-state index >= 15 is 0 Å². The molecule has 0 aliphatic rings. The number of hydrogen-bond donors (Lipinski definition) is 0. The molecule has 0 spiro atoms. The van der Waals surface area contributed by atoms with E-state index in [4.69, 9.17) is 16.3 Å². The molecule has 0 atom stereocenters. The van der Waals surface area contributed by atoms with Gasteiger partial charge in [0.1, 0.15) is 17.6 Å². The van der Waals surface area contributed by atoms with Crippen LogP contribution in [0, 0.1) is 0 Å². The number of alkyl halides is 3. The molecule has 0 N–H and O–H groups in total. The molecule has 0 radical (unpaired) electrons. The number of methoxy groups -OCH3 is 2. The Morgan fingerprint density at radius 2 is 1.92 bits per heavy atom. The quantitative estimate of drug-likeness (QED) is 0.436. The lowest BCUT2D eigenvalue weighted by molar-refractivity contribution is -0.161. The van der Waals surface area contributed by atoms with E-state index in [-0.39, 0.29) is 10.8 Å². The molecule has 0 saturated carbocycles. The minimum atomic E-state index is -4.69. The fourth-order valence-corrected chi connectivity index (χ4v) is 1.59. The molecule has 0 fully saturated rings. The van der Waals surface area contributed by atoms with Gasteiger partial charge in [0.2, 0.25) is 5.76 Å². The summed E-state index contributed by atoms with van der Waals surface area (Å²) in [7, 11) is 2.31. The Balaban J connectivity index is 3.09. The van der Waals surface area contributed by atoms with Crippen molar-refractivity contribution in [2.24, 2.45) is 0 Å². The average molecular weight is 369 g/mol. The standard InChI is InChI=1S/C14H12ClF3O6/c1-21-6-11(13(20)22-2)24-10-4-3-8(15)5-9(10)12(19)23-7-14(16,17)18/h3-6H,7H2,1-2H3. The van der Waals surface area contributed by atoms with Crippen LogP contribution in [0.5, 0.6) is 5.75 Å². The van der Waals surface area contributed by atoms with Crippen LogP contribution >= 0.6 is 11.6 Å². The molecule has 1 aromatic rings. The van der Waals surface area contributed by atoms with Gasteiger partial charge in [0.25, 0.3) is 0 Å². The second-order valence-corrected chi connectivity index (χ2v) is 4.58. The first-order valence-electron chi connectivity index (χ1n) is 6.20. The maximum absolute atomic E-state index is 12.2. The van der Waals surface area contributed by atoms with Crippen molar-refractivity contribution in [3.8, 4) is 5.75 Å². The monoisotopic (exact) mass is 368 g/mol. The first-order chi connectivity index (χ1) is 11.2. The fourth-order valence-electron chi connectivity index (χ4n) is 1.42. The molecule has 6 nitrogen and oxygen atoms in total. The summed E-state index contributed by atoms with van der Waals surface area (Å²) < 4.78 is 54.9. The highest BCUT2D eigenvalue weighted by molar-refractivity contribution is 6.31. The van der Waals surface area contributed by atoms with Crippen molar-refractivity contribution >= 4 is 23.5 Å². The van der Waals surface area contributed by atoms with E-state index in [1.165, 1.54) is 19.2 Å². The highest BCUT2D eigenvalue weighted by atomic mass is 35.5. The number of halogens is 4. The largest absolute Gasteiger partial charge is 0.500 e. The Bertz CT molecular complexity index is 642. The SMILES string of the molecule is COC=C(Oc1ccc(Cl)cc1C(=O)OCC(F)(F)F)C(=O)OC. The smallest absolute Gasteiger partial charge is 0.422 e. The number of carbonyl (C=O) groups is 2. The van der Waals surface area contributed by atoms with Gasteiger partial charge in [-0.15, -0.1) is 0 Å². The van der Waals surface area contributed by atoms with E-state index in [0.29, 0.717) is 0 Å². The zero-order valence-corrected chi connectivity index (χ0v) is 13.2. The third kappa shape index (κ3) is 5.99. The molecular weight excluding hydrogens is 357 g/mol. The zero-order valence-electron chi connectivity index (χ0n) is 12.5. The zero-order chi connectivity index (χ0) is 18.3. The van der Waals surface area contributed by atoms with Crippen molar-refractivity contribution in [1.29, 1.82) is 0 Å². The van der Waals surface area contributed by atoms with Crippen LogP contribution in [-0.4, -0.2) is 38.9 Å². The molecule has 132 valence electrons. The van der Waals surface area contributed by atoms with Crippen LogP contribution in [0.15, 0.2) is 30.2 Å². The lowest BCUT2D eigenvalue weighted by Crippen LogP contribution is -2.21. The lowest BCUT2D eigenvalue weighted by atomic mass is 10.2. The van der Waals surface area contributed by atoms with Gasteiger partial charge in [-0.1, -0.05) is 11.6 Å². The molecule has 24 heavy (non-hydrogen) atoms. The van der Waals surface area contributed by atoms with Crippen molar-refractivity contribution in [1.82, 2.24) is 0 Å². The molecule has 0 bridgehead atoms. The number of carbonyl (C=O) groups excluding carboxylic acids is 2. The van der Waals surface area contributed by atoms with Crippen LogP contribution in [0.3, 0.4) is 0 Å². The molecule has 1 rings (SSSR count). The highest BCUT2D eigenvalue weighted by Crippen LogP contribution is 2.26. The van der Waals surface area contributed by atoms with Gasteiger partial charge in [0.15, 0.2) is 6.61 Å². The van der Waals surface area contributed by atoms with Gasteiger partial charge in [-0.25, -0.2) is 9.59 Å². The van der Waals surface area contributed by atoms with Crippen LogP contribution in [0.1, 0.15) is 10.4 Å². The van der Waals surface area contributed by atoms with Crippen molar-refractivity contribution < 1.29 is 41.7 Å². The van der Waals surface area contributed by atoms with Gasteiger partial charge < -0.3 is 18.9 Å². The Kier molecular flexibility index (Phi) is 6.90. The maximum Gasteiger partial charge on any atom is 0.422 e. The Morgan fingerprint density at radius 3 is 2.46 bits per heavy atom. The van der Waals surface area contributed by atoms with Crippen molar-refractivity contribution in [3.63, 3.8) is 0 Å².